The van der Waals surface area contributed by atoms with E-state index in [-0.39, 0.29) is 6.61 Å². The minimum atomic E-state index is 0.236. The average Bonchev–Trinajstić information content (AvgIpc) is 1.72. The Kier molecular flexibility index (Phi) is 3.71. The van der Waals surface area contributed by atoms with Crippen LogP contribution < -0.4 is 0 Å². The Hall–Kier alpha value is -0.300. The lowest BCUT2D eigenvalue weighted by Crippen LogP contribution is -1.98. The molecule has 0 spiro atoms. The van der Waals surface area contributed by atoms with Gasteiger partial charge in [-0.15, -0.1) is 6.58 Å². The summed E-state index contributed by atoms with van der Waals surface area (Å²) in [7, 11) is 0. The van der Waals surface area contributed by atoms with Gasteiger partial charge in [-0.25, -0.2) is 0 Å². The van der Waals surface area contributed by atoms with Gasteiger partial charge in [0.05, 0.1) is 0 Å². The second-order valence-corrected chi connectivity index (χ2v) is 1.59. The summed E-state index contributed by atoms with van der Waals surface area (Å²) in [6, 6.07) is 0. The largest absolute Gasteiger partial charge is 0.396 e. The number of hydrogen-bond donors (Lipinski definition) is 1. The van der Waals surface area contributed by atoms with Crippen LogP contribution in [0.5, 0.6) is 0 Å². The van der Waals surface area contributed by atoms with Gasteiger partial charge in [0, 0.05) is 6.61 Å². The zero-order valence-corrected chi connectivity index (χ0v) is 4.72. The molecule has 1 N–H and O–H groups in total. The molecule has 0 aliphatic carbocycles. The van der Waals surface area contributed by atoms with E-state index in [1.165, 1.54) is 0 Å². The number of rotatable bonds is 3. The van der Waals surface area contributed by atoms with E-state index in [0.29, 0.717) is 5.92 Å². The lowest BCUT2D eigenvalue weighted by molar-refractivity contribution is 0.250. The second-order valence-electron chi connectivity index (χ2n) is 1.59. The lowest BCUT2D eigenvalue weighted by atomic mass is 10.1. The van der Waals surface area contributed by atoms with Gasteiger partial charge in [-0.05, 0) is 12.3 Å². The molecule has 1 nitrogen and oxygen atoms in total. The Morgan fingerprint density at radius 3 is 2.43 bits per heavy atom. The highest BCUT2D eigenvalue weighted by atomic mass is 16.3. The molecule has 0 bridgehead atoms. The fourth-order valence-electron chi connectivity index (χ4n) is 0.370. The molecule has 7 heavy (non-hydrogen) atoms. The van der Waals surface area contributed by atoms with Crippen molar-refractivity contribution in [2.24, 2.45) is 5.92 Å². The van der Waals surface area contributed by atoms with E-state index in [1.54, 1.807) is 6.08 Å². The Morgan fingerprint density at radius 1 is 1.86 bits per heavy atom. The van der Waals surface area contributed by atoms with Gasteiger partial charge in [0.15, 0.2) is 0 Å². The molecule has 0 fully saturated rings. The molecule has 0 heterocycles. The van der Waals surface area contributed by atoms with Gasteiger partial charge in [0.1, 0.15) is 0 Å². The number of aliphatic hydroxyl groups is 1. The topological polar surface area (TPSA) is 20.2 Å². The number of hydrogen-bond acceptors (Lipinski definition) is 1. The van der Waals surface area contributed by atoms with Gasteiger partial charge >= 0.3 is 0 Å². The van der Waals surface area contributed by atoms with E-state index in [4.69, 9.17) is 5.11 Å². The average molecular weight is 100 g/mol. The van der Waals surface area contributed by atoms with Crippen LogP contribution in [0.4, 0.5) is 0 Å². The van der Waals surface area contributed by atoms with Gasteiger partial charge in [-0.1, -0.05) is 13.0 Å². The Morgan fingerprint density at radius 2 is 2.43 bits per heavy atom. The van der Waals surface area contributed by atoms with E-state index in [0.717, 1.165) is 6.42 Å². The van der Waals surface area contributed by atoms with Crippen LogP contribution in [0.1, 0.15) is 13.3 Å². The maximum atomic E-state index is 8.45. The second kappa shape index (κ2) is 3.88. The predicted octanol–water partition coefficient (Wildman–Crippen LogP) is 1.19. The van der Waals surface area contributed by atoms with Crippen LogP contribution in [-0.2, 0) is 0 Å². The highest BCUT2D eigenvalue weighted by Gasteiger charge is 1.93. The minimum Gasteiger partial charge on any atom is -0.396 e. The SMILES string of the molecule is C=C[C@H](CC)CO. The van der Waals surface area contributed by atoms with Gasteiger partial charge in [-0.3, -0.25) is 0 Å². The Labute approximate surface area is 44.7 Å². The van der Waals surface area contributed by atoms with Crippen LogP contribution in [0.3, 0.4) is 0 Å². The molecule has 42 valence electrons. The molecule has 1 atom stereocenters. The van der Waals surface area contributed by atoms with E-state index in [1.807, 2.05) is 6.92 Å². The Bertz CT molecular complexity index is 46.1. The van der Waals surface area contributed by atoms with E-state index >= 15 is 0 Å². The maximum Gasteiger partial charge on any atom is 0.0493 e. The molecule has 0 aliphatic rings. The van der Waals surface area contributed by atoms with E-state index < -0.39 is 0 Å². The zero-order valence-electron chi connectivity index (χ0n) is 4.72. The van der Waals surface area contributed by atoms with Crippen molar-refractivity contribution in [3.63, 3.8) is 0 Å². The smallest absolute Gasteiger partial charge is 0.0493 e. The van der Waals surface area contributed by atoms with Crippen molar-refractivity contribution in [1.29, 1.82) is 0 Å². The molecule has 0 rings (SSSR count). The van der Waals surface area contributed by atoms with Crippen LogP contribution in [0.2, 0.25) is 0 Å². The van der Waals surface area contributed by atoms with Gasteiger partial charge in [0.2, 0.25) is 0 Å². The third-order valence-electron chi connectivity index (χ3n) is 1.09. The number of aliphatic hydroxyl groups excluding tert-OH is 1. The molecule has 0 saturated carbocycles. The fraction of sp³-hybridized carbons (Fsp3) is 0.667. The lowest BCUT2D eigenvalue weighted by Gasteiger charge is -2.00. The van der Waals surface area contributed by atoms with Gasteiger partial charge < -0.3 is 5.11 Å². The normalized spacial score (nSPS) is 13.4. The molecule has 0 amide bonds. The van der Waals surface area contributed by atoms with Crippen molar-refractivity contribution in [3.8, 4) is 0 Å². The first-order valence-electron chi connectivity index (χ1n) is 2.58. The predicted molar refractivity (Wildman–Crippen MR) is 31.1 cm³/mol. The summed E-state index contributed by atoms with van der Waals surface area (Å²) in [5, 5.41) is 8.45. The highest BCUT2D eigenvalue weighted by molar-refractivity contribution is 4.76. The van der Waals surface area contributed by atoms with Crippen LogP contribution in [0.15, 0.2) is 12.7 Å². The molecule has 0 aromatic carbocycles. The summed E-state index contributed by atoms with van der Waals surface area (Å²) in [6.07, 6.45) is 2.76. The summed E-state index contributed by atoms with van der Waals surface area (Å²) < 4.78 is 0. The maximum absolute atomic E-state index is 8.45. The zero-order chi connectivity index (χ0) is 5.70. The van der Waals surface area contributed by atoms with Crippen molar-refractivity contribution in [2.45, 2.75) is 13.3 Å². The van der Waals surface area contributed by atoms with E-state index in [2.05, 4.69) is 6.58 Å². The summed E-state index contributed by atoms with van der Waals surface area (Å²) in [6.45, 7) is 5.81. The van der Waals surface area contributed by atoms with Crippen molar-refractivity contribution >= 4 is 0 Å². The molecular formula is C6H12O. The highest BCUT2D eigenvalue weighted by Crippen LogP contribution is 1.99. The van der Waals surface area contributed by atoms with Crippen molar-refractivity contribution in [3.05, 3.63) is 12.7 Å². The van der Waals surface area contributed by atoms with E-state index in [9.17, 15) is 0 Å². The Balaban J connectivity index is 3.16. The molecule has 0 unspecified atom stereocenters. The third-order valence-corrected chi connectivity index (χ3v) is 1.09. The summed E-state index contributed by atoms with van der Waals surface area (Å²) in [5.74, 6) is 0.306. The first-order chi connectivity index (χ1) is 3.35. The molecule has 0 radical (unpaired) electrons. The molecular weight excluding hydrogens is 88.1 g/mol. The quantitative estimate of drug-likeness (QED) is 0.528. The standard InChI is InChI=1S/C6H12O/c1-3-6(4-2)5-7/h3,6-7H,1,4-5H2,2H3/t6-/m1/s1. The van der Waals surface area contributed by atoms with Gasteiger partial charge in [-0.2, -0.15) is 0 Å². The minimum absolute atomic E-state index is 0.236. The molecule has 0 aromatic heterocycles. The first-order valence-corrected chi connectivity index (χ1v) is 2.58. The molecule has 0 aromatic rings. The summed E-state index contributed by atoms with van der Waals surface area (Å²) in [4.78, 5) is 0. The van der Waals surface area contributed by atoms with Crippen LogP contribution in [0, 0.1) is 5.92 Å². The summed E-state index contributed by atoms with van der Waals surface area (Å²) >= 11 is 0. The first kappa shape index (κ1) is 6.70. The molecule has 0 saturated heterocycles. The third kappa shape index (κ3) is 2.40. The van der Waals surface area contributed by atoms with Crippen molar-refractivity contribution in [2.75, 3.05) is 6.61 Å². The van der Waals surface area contributed by atoms with Crippen LogP contribution in [0.25, 0.3) is 0 Å². The van der Waals surface area contributed by atoms with Crippen LogP contribution in [-0.4, -0.2) is 11.7 Å². The summed E-state index contributed by atoms with van der Waals surface area (Å²) in [5.41, 5.74) is 0. The van der Waals surface area contributed by atoms with Crippen molar-refractivity contribution in [1.82, 2.24) is 0 Å². The molecule has 1 heteroatoms. The molecule has 0 aliphatic heterocycles. The monoisotopic (exact) mass is 100 g/mol. The fourth-order valence-corrected chi connectivity index (χ4v) is 0.370. The van der Waals surface area contributed by atoms with Crippen molar-refractivity contribution < 1.29 is 5.11 Å². The van der Waals surface area contributed by atoms with Crippen LogP contribution >= 0.6 is 0 Å². The van der Waals surface area contributed by atoms with Gasteiger partial charge in [0.25, 0.3) is 0 Å².